The number of nitrogens with zero attached hydrogens (tertiary/aromatic N) is 1. The van der Waals surface area contributed by atoms with Gasteiger partial charge in [-0.1, -0.05) is 0 Å². The van der Waals surface area contributed by atoms with Gasteiger partial charge in [0.25, 0.3) is 0 Å². The number of guanidine groups is 1. The van der Waals surface area contributed by atoms with Gasteiger partial charge in [-0.2, -0.15) is 0 Å². The fourth-order valence-corrected chi connectivity index (χ4v) is 1.14. The highest BCUT2D eigenvalue weighted by molar-refractivity contribution is 5.79. The lowest BCUT2D eigenvalue weighted by molar-refractivity contribution is 0.510. The van der Waals surface area contributed by atoms with Gasteiger partial charge in [-0.05, 0) is 26.0 Å². The van der Waals surface area contributed by atoms with E-state index >= 15 is 0 Å². The van der Waals surface area contributed by atoms with Gasteiger partial charge in [0.15, 0.2) is 0 Å². The predicted molar refractivity (Wildman–Crippen MR) is 60.3 cm³/mol. The second kappa shape index (κ2) is 6.08. The van der Waals surface area contributed by atoms with Gasteiger partial charge in [0.1, 0.15) is 5.76 Å². The average molecular weight is 210 g/mol. The summed E-state index contributed by atoms with van der Waals surface area (Å²) in [7, 11) is 0. The van der Waals surface area contributed by atoms with Gasteiger partial charge in [-0.15, -0.1) is 0 Å². The first kappa shape index (κ1) is 11.6. The van der Waals surface area contributed by atoms with Gasteiger partial charge in [-0.25, -0.2) is 5.84 Å². The fourth-order valence-electron chi connectivity index (χ4n) is 1.14. The lowest BCUT2D eigenvalue weighted by Crippen LogP contribution is -2.44. The number of hydrogen-bond donors (Lipinski definition) is 3. The maximum absolute atomic E-state index is 5.31. The highest BCUT2D eigenvalue weighted by Gasteiger charge is 1.98. The largest absolute Gasteiger partial charge is 0.469 e. The van der Waals surface area contributed by atoms with Crippen LogP contribution in [0.5, 0.6) is 0 Å². The Bertz CT molecular complexity index is 292. The second-order valence-electron chi connectivity index (χ2n) is 3.50. The Kier molecular flexibility index (Phi) is 4.70. The van der Waals surface area contributed by atoms with E-state index < -0.39 is 0 Å². The highest BCUT2D eigenvalue weighted by Crippen LogP contribution is 2.00. The smallest absolute Gasteiger partial charge is 0.205 e. The Hall–Kier alpha value is -1.49. The van der Waals surface area contributed by atoms with Crippen LogP contribution in [0.4, 0.5) is 0 Å². The molecule has 0 saturated carbocycles. The lowest BCUT2D eigenvalue weighted by Gasteiger charge is -2.11. The van der Waals surface area contributed by atoms with E-state index in [1.54, 1.807) is 6.26 Å². The van der Waals surface area contributed by atoms with Crippen LogP contribution >= 0.6 is 0 Å². The molecular formula is C10H18N4O. The molecule has 0 atom stereocenters. The molecule has 1 heterocycles. The maximum Gasteiger partial charge on any atom is 0.205 e. The molecule has 0 unspecified atom stereocenters. The molecule has 0 bridgehead atoms. The number of hydrogen-bond acceptors (Lipinski definition) is 3. The van der Waals surface area contributed by atoms with Gasteiger partial charge in [-0.3, -0.25) is 10.4 Å². The third-order valence-electron chi connectivity index (χ3n) is 1.77. The van der Waals surface area contributed by atoms with Gasteiger partial charge in [0, 0.05) is 19.0 Å². The highest BCUT2D eigenvalue weighted by atomic mass is 16.3. The van der Waals surface area contributed by atoms with Crippen LogP contribution in [0.15, 0.2) is 27.8 Å². The molecular weight excluding hydrogens is 192 g/mol. The SMILES string of the molecule is CC(C)NC(=NCCc1ccco1)NN. The molecule has 1 aromatic rings. The molecule has 0 aromatic carbocycles. The third-order valence-corrected chi connectivity index (χ3v) is 1.77. The molecule has 0 amide bonds. The third kappa shape index (κ3) is 4.51. The molecule has 0 aliphatic rings. The zero-order valence-corrected chi connectivity index (χ0v) is 9.16. The summed E-state index contributed by atoms with van der Waals surface area (Å²) in [5.74, 6) is 6.85. The number of nitrogens with two attached hydrogens (primary N) is 1. The fraction of sp³-hybridized carbons (Fsp3) is 0.500. The number of aliphatic imine (C=N–C) groups is 1. The maximum atomic E-state index is 5.31. The van der Waals surface area contributed by atoms with E-state index in [2.05, 4.69) is 15.7 Å². The van der Waals surface area contributed by atoms with Crippen molar-refractivity contribution in [2.45, 2.75) is 26.3 Å². The summed E-state index contributed by atoms with van der Waals surface area (Å²) in [5, 5.41) is 3.09. The molecule has 0 aliphatic heterocycles. The summed E-state index contributed by atoms with van der Waals surface area (Å²) < 4.78 is 5.19. The van der Waals surface area contributed by atoms with Gasteiger partial charge in [0.2, 0.25) is 5.96 Å². The quantitative estimate of drug-likeness (QED) is 0.295. The molecule has 5 nitrogen and oxygen atoms in total. The topological polar surface area (TPSA) is 75.6 Å². The number of rotatable bonds is 4. The Labute approximate surface area is 89.7 Å². The van der Waals surface area contributed by atoms with E-state index in [4.69, 9.17) is 10.3 Å². The van der Waals surface area contributed by atoms with Crippen LogP contribution < -0.4 is 16.6 Å². The molecule has 4 N–H and O–H groups in total. The van der Waals surface area contributed by atoms with Gasteiger partial charge in [0.05, 0.1) is 6.26 Å². The van der Waals surface area contributed by atoms with Crippen molar-refractivity contribution < 1.29 is 4.42 Å². The van der Waals surface area contributed by atoms with E-state index in [1.165, 1.54) is 0 Å². The first-order valence-electron chi connectivity index (χ1n) is 5.02. The number of nitrogens with one attached hydrogen (secondary N) is 2. The first-order valence-corrected chi connectivity index (χ1v) is 5.02. The Morgan fingerprint density at radius 3 is 2.93 bits per heavy atom. The van der Waals surface area contributed by atoms with E-state index in [-0.39, 0.29) is 0 Å². The molecule has 0 radical (unpaired) electrons. The lowest BCUT2D eigenvalue weighted by atomic mass is 10.3. The summed E-state index contributed by atoms with van der Waals surface area (Å²) in [6.07, 6.45) is 2.44. The van der Waals surface area contributed by atoms with Crippen molar-refractivity contribution in [3.63, 3.8) is 0 Å². The summed E-state index contributed by atoms with van der Waals surface area (Å²) >= 11 is 0. The number of furan rings is 1. The zero-order chi connectivity index (χ0) is 11.1. The first-order chi connectivity index (χ1) is 7.22. The Morgan fingerprint density at radius 2 is 2.40 bits per heavy atom. The van der Waals surface area contributed by atoms with Gasteiger partial charge >= 0.3 is 0 Å². The summed E-state index contributed by atoms with van der Waals surface area (Å²) in [5.41, 5.74) is 2.52. The van der Waals surface area contributed by atoms with Crippen molar-refractivity contribution >= 4 is 5.96 Å². The molecule has 15 heavy (non-hydrogen) atoms. The monoisotopic (exact) mass is 210 g/mol. The Balaban J connectivity index is 2.34. The van der Waals surface area contributed by atoms with E-state index in [1.807, 2.05) is 26.0 Å². The van der Waals surface area contributed by atoms with Crippen molar-refractivity contribution in [2.24, 2.45) is 10.8 Å². The van der Waals surface area contributed by atoms with Crippen molar-refractivity contribution in [3.05, 3.63) is 24.2 Å². The zero-order valence-electron chi connectivity index (χ0n) is 9.16. The standard InChI is InChI=1S/C10H18N4O/c1-8(2)13-10(14-11)12-6-5-9-4-3-7-15-9/h3-4,7-8H,5-6,11H2,1-2H3,(H2,12,13,14). The second-order valence-corrected chi connectivity index (χ2v) is 3.50. The minimum atomic E-state index is 0.309. The minimum absolute atomic E-state index is 0.309. The summed E-state index contributed by atoms with van der Waals surface area (Å²) in [6.45, 7) is 4.70. The van der Waals surface area contributed by atoms with Crippen LogP contribution in [0.2, 0.25) is 0 Å². The summed E-state index contributed by atoms with van der Waals surface area (Å²) in [4.78, 5) is 4.27. The summed E-state index contributed by atoms with van der Waals surface area (Å²) in [6, 6.07) is 4.11. The normalized spacial score (nSPS) is 11.9. The van der Waals surface area contributed by atoms with E-state index in [9.17, 15) is 0 Å². The van der Waals surface area contributed by atoms with Crippen molar-refractivity contribution in [3.8, 4) is 0 Å². The predicted octanol–water partition coefficient (Wildman–Crippen LogP) is 0.639. The number of hydrazine groups is 1. The van der Waals surface area contributed by atoms with E-state index in [0.717, 1.165) is 12.2 Å². The van der Waals surface area contributed by atoms with Crippen molar-refractivity contribution in [1.82, 2.24) is 10.7 Å². The molecule has 0 saturated heterocycles. The molecule has 1 rings (SSSR count). The van der Waals surface area contributed by atoms with Crippen molar-refractivity contribution in [2.75, 3.05) is 6.54 Å². The van der Waals surface area contributed by atoms with Crippen molar-refractivity contribution in [1.29, 1.82) is 0 Å². The average Bonchev–Trinajstić information content (AvgIpc) is 2.68. The minimum Gasteiger partial charge on any atom is -0.469 e. The van der Waals surface area contributed by atoms with Crippen LogP contribution in [-0.2, 0) is 6.42 Å². The molecule has 5 heteroatoms. The molecule has 0 spiro atoms. The molecule has 0 fully saturated rings. The van der Waals surface area contributed by atoms with Crippen LogP contribution in [0.3, 0.4) is 0 Å². The molecule has 1 aromatic heterocycles. The van der Waals surface area contributed by atoms with Gasteiger partial charge < -0.3 is 9.73 Å². The molecule has 84 valence electrons. The van der Waals surface area contributed by atoms with Crippen LogP contribution in [-0.4, -0.2) is 18.5 Å². The van der Waals surface area contributed by atoms with E-state index in [0.29, 0.717) is 18.5 Å². The van der Waals surface area contributed by atoms with Crippen LogP contribution in [0.25, 0.3) is 0 Å². The molecule has 0 aliphatic carbocycles. The van der Waals surface area contributed by atoms with Crippen LogP contribution in [0.1, 0.15) is 19.6 Å². The Morgan fingerprint density at radius 1 is 1.60 bits per heavy atom. The van der Waals surface area contributed by atoms with Crippen LogP contribution in [0, 0.1) is 0 Å².